The van der Waals surface area contributed by atoms with Crippen molar-refractivity contribution in [2.24, 2.45) is 0 Å². The van der Waals surface area contributed by atoms with Crippen molar-refractivity contribution in [2.75, 3.05) is 31.9 Å². The first-order chi connectivity index (χ1) is 8.47. The van der Waals surface area contributed by atoms with E-state index in [1.54, 1.807) is 19.3 Å². The molecule has 1 aromatic heterocycles. The van der Waals surface area contributed by atoms with Crippen LogP contribution in [0.2, 0.25) is 0 Å². The summed E-state index contributed by atoms with van der Waals surface area (Å²) >= 11 is 3.24. The number of anilines is 1. The minimum absolute atomic E-state index is 0.457. The van der Waals surface area contributed by atoms with Gasteiger partial charge in [0, 0.05) is 26.0 Å². The van der Waals surface area contributed by atoms with E-state index < -0.39 is 10.2 Å². The van der Waals surface area contributed by atoms with Crippen LogP contribution in [0.25, 0.3) is 0 Å². The van der Waals surface area contributed by atoms with Gasteiger partial charge in [-0.05, 0) is 42.0 Å². The van der Waals surface area contributed by atoms with E-state index in [-0.39, 0.29) is 0 Å². The van der Waals surface area contributed by atoms with Crippen LogP contribution in [0.4, 0.5) is 5.69 Å². The quantitative estimate of drug-likeness (QED) is 0.729. The van der Waals surface area contributed by atoms with Crippen molar-refractivity contribution in [2.45, 2.75) is 6.42 Å². The van der Waals surface area contributed by atoms with Gasteiger partial charge in [-0.3, -0.25) is 9.71 Å². The van der Waals surface area contributed by atoms with Crippen molar-refractivity contribution in [3.63, 3.8) is 0 Å². The number of hydrogen-bond acceptors (Lipinski definition) is 4. The Labute approximate surface area is 116 Å². The fourth-order valence-corrected chi connectivity index (χ4v) is 2.74. The largest absolute Gasteiger partial charge is 0.320 e. The van der Waals surface area contributed by atoms with Gasteiger partial charge in [-0.15, -0.1) is 0 Å². The van der Waals surface area contributed by atoms with Gasteiger partial charge in [0.15, 0.2) is 0 Å². The summed E-state index contributed by atoms with van der Waals surface area (Å²) in [6.45, 7) is 1.23. The van der Waals surface area contributed by atoms with E-state index in [2.05, 4.69) is 31.0 Å². The van der Waals surface area contributed by atoms with Crippen molar-refractivity contribution >= 4 is 31.8 Å². The van der Waals surface area contributed by atoms with Gasteiger partial charge in [-0.1, -0.05) is 0 Å². The molecule has 1 aromatic rings. The van der Waals surface area contributed by atoms with Crippen molar-refractivity contribution in [1.29, 1.82) is 0 Å². The Bertz CT molecular complexity index is 481. The number of rotatable bonds is 7. The Kier molecular flexibility index (Phi) is 6.00. The van der Waals surface area contributed by atoms with Gasteiger partial charge in [0.25, 0.3) is 0 Å². The van der Waals surface area contributed by atoms with Crippen LogP contribution in [0.15, 0.2) is 22.9 Å². The molecule has 1 rings (SSSR count). The Hall–Kier alpha value is -0.700. The van der Waals surface area contributed by atoms with Gasteiger partial charge in [0.05, 0.1) is 10.2 Å². The highest BCUT2D eigenvalue weighted by Gasteiger charge is 2.17. The summed E-state index contributed by atoms with van der Waals surface area (Å²) in [5, 5.41) is 2.98. The molecule has 0 amide bonds. The monoisotopic (exact) mass is 336 g/mol. The molecular weight excluding hydrogens is 320 g/mol. The third-order valence-electron chi connectivity index (χ3n) is 2.32. The molecule has 0 aliphatic carbocycles. The minimum Gasteiger partial charge on any atom is -0.320 e. The first-order valence-corrected chi connectivity index (χ1v) is 7.69. The predicted molar refractivity (Wildman–Crippen MR) is 75.7 cm³/mol. The van der Waals surface area contributed by atoms with Crippen LogP contribution in [0.1, 0.15) is 6.42 Å². The molecule has 102 valence electrons. The van der Waals surface area contributed by atoms with Crippen LogP contribution < -0.4 is 10.0 Å². The normalized spacial score (nSPS) is 11.8. The zero-order chi connectivity index (χ0) is 13.6. The molecule has 2 N–H and O–H groups in total. The van der Waals surface area contributed by atoms with Crippen molar-refractivity contribution < 1.29 is 8.42 Å². The summed E-state index contributed by atoms with van der Waals surface area (Å²) in [6, 6.07) is 1.60. The highest BCUT2D eigenvalue weighted by atomic mass is 79.9. The lowest BCUT2D eigenvalue weighted by atomic mass is 10.4. The molecule has 0 spiro atoms. The highest BCUT2D eigenvalue weighted by molar-refractivity contribution is 9.10. The lowest BCUT2D eigenvalue weighted by molar-refractivity contribution is 0.462. The molecule has 8 heteroatoms. The summed E-state index contributed by atoms with van der Waals surface area (Å²) in [6.07, 6.45) is 3.83. The molecule has 0 aliphatic heterocycles. The number of pyridine rings is 1. The SMILES string of the molecule is CNCCCN(C)S(=O)(=O)Nc1ccncc1Br. The van der Waals surface area contributed by atoms with E-state index in [9.17, 15) is 8.42 Å². The molecule has 0 saturated heterocycles. The summed E-state index contributed by atoms with van der Waals surface area (Å²) in [4.78, 5) is 3.88. The van der Waals surface area contributed by atoms with E-state index in [1.807, 2.05) is 7.05 Å². The second kappa shape index (κ2) is 7.03. The first-order valence-electron chi connectivity index (χ1n) is 5.45. The number of halogens is 1. The third-order valence-corrected chi connectivity index (χ3v) is 4.43. The lowest BCUT2D eigenvalue weighted by Crippen LogP contribution is -2.34. The topological polar surface area (TPSA) is 74.3 Å². The van der Waals surface area contributed by atoms with Gasteiger partial charge < -0.3 is 5.32 Å². The molecule has 0 saturated carbocycles. The standard InChI is InChI=1S/C10H17BrN4O2S/c1-12-5-3-7-15(2)18(16,17)14-10-4-6-13-8-9(10)11/h4,6,8,12H,3,5,7H2,1-2H3,(H,13,14). The number of hydrogen-bond donors (Lipinski definition) is 2. The minimum atomic E-state index is -3.52. The van der Waals surface area contributed by atoms with Crippen molar-refractivity contribution in [3.05, 3.63) is 22.9 Å². The number of aromatic nitrogens is 1. The maximum atomic E-state index is 12.0. The van der Waals surface area contributed by atoms with Crippen LogP contribution in [-0.2, 0) is 10.2 Å². The number of nitrogens with one attached hydrogen (secondary N) is 2. The second-order valence-corrected chi connectivity index (χ2v) is 6.37. The predicted octanol–water partition coefficient (Wildman–Crippen LogP) is 1.04. The zero-order valence-corrected chi connectivity index (χ0v) is 12.8. The molecule has 0 aromatic carbocycles. The Balaban J connectivity index is 2.67. The molecule has 0 bridgehead atoms. The molecule has 1 heterocycles. The van der Waals surface area contributed by atoms with Gasteiger partial charge in [0.1, 0.15) is 0 Å². The maximum Gasteiger partial charge on any atom is 0.301 e. The summed E-state index contributed by atoms with van der Waals surface area (Å²) in [7, 11) is -0.136. The zero-order valence-electron chi connectivity index (χ0n) is 10.4. The lowest BCUT2D eigenvalue weighted by Gasteiger charge is -2.18. The molecule has 6 nitrogen and oxygen atoms in total. The van der Waals surface area contributed by atoms with Crippen LogP contribution in [0.5, 0.6) is 0 Å². The fraction of sp³-hybridized carbons (Fsp3) is 0.500. The fourth-order valence-electron chi connectivity index (χ4n) is 1.27. The van der Waals surface area contributed by atoms with Crippen LogP contribution >= 0.6 is 15.9 Å². The van der Waals surface area contributed by atoms with Gasteiger partial charge in [-0.25, -0.2) is 0 Å². The van der Waals surface area contributed by atoms with E-state index in [0.717, 1.165) is 13.0 Å². The summed E-state index contributed by atoms with van der Waals surface area (Å²) in [5.74, 6) is 0. The molecule has 0 unspecified atom stereocenters. The van der Waals surface area contributed by atoms with Gasteiger partial charge in [0.2, 0.25) is 0 Å². The first kappa shape index (κ1) is 15.4. The Morgan fingerprint density at radius 3 is 2.83 bits per heavy atom. The van der Waals surface area contributed by atoms with Crippen LogP contribution in [0, 0.1) is 0 Å². The number of nitrogens with zero attached hydrogens (tertiary/aromatic N) is 2. The third kappa shape index (κ3) is 4.52. The smallest absolute Gasteiger partial charge is 0.301 e. The molecule has 0 atom stereocenters. The maximum absolute atomic E-state index is 12.0. The van der Waals surface area contributed by atoms with E-state index in [0.29, 0.717) is 16.7 Å². The second-order valence-electron chi connectivity index (χ2n) is 3.74. The van der Waals surface area contributed by atoms with E-state index >= 15 is 0 Å². The van der Waals surface area contributed by atoms with Crippen molar-refractivity contribution in [3.8, 4) is 0 Å². The Morgan fingerprint density at radius 1 is 1.50 bits per heavy atom. The molecule has 18 heavy (non-hydrogen) atoms. The van der Waals surface area contributed by atoms with Crippen molar-refractivity contribution in [1.82, 2.24) is 14.6 Å². The average Bonchev–Trinajstić information content (AvgIpc) is 2.32. The average molecular weight is 337 g/mol. The van der Waals surface area contributed by atoms with Crippen LogP contribution in [-0.4, -0.2) is 44.9 Å². The molecular formula is C10H17BrN4O2S. The Morgan fingerprint density at radius 2 is 2.22 bits per heavy atom. The van der Waals surface area contributed by atoms with E-state index in [1.165, 1.54) is 10.5 Å². The molecule has 0 radical (unpaired) electrons. The van der Waals surface area contributed by atoms with E-state index in [4.69, 9.17) is 0 Å². The summed E-state index contributed by atoms with van der Waals surface area (Å²) in [5.41, 5.74) is 0.477. The molecule has 0 fully saturated rings. The highest BCUT2D eigenvalue weighted by Crippen LogP contribution is 2.21. The molecule has 0 aliphatic rings. The van der Waals surface area contributed by atoms with Gasteiger partial charge >= 0.3 is 10.2 Å². The summed E-state index contributed by atoms with van der Waals surface area (Å²) < 4.78 is 28.4. The van der Waals surface area contributed by atoms with Gasteiger partial charge in [-0.2, -0.15) is 12.7 Å². The van der Waals surface area contributed by atoms with Crippen LogP contribution in [0.3, 0.4) is 0 Å².